The minimum Gasteiger partial charge on any atom is -0.0654 e. The fourth-order valence-corrected chi connectivity index (χ4v) is 7.01. The van der Waals surface area contributed by atoms with Crippen molar-refractivity contribution in [2.75, 3.05) is 0 Å². The van der Waals surface area contributed by atoms with E-state index in [1.54, 1.807) is 22.3 Å². The van der Waals surface area contributed by atoms with E-state index in [9.17, 15) is 0 Å². The quantitative estimate of drug-likeness (QED) is 0.0739. The first-order valence-corrected chi connectivity index (χ1v) is 18.1. The van der Waals surface area contributed by atoms with Crippen molar-refractivity contribution in [3.05, 3.63) is 70.8 Å². The topological polar surface area (TPSA) is 0 Å². The Balaban J connectivity index is 1.79. The third-order valence-corrected chi connectivity index (χ3v) is 9.67. The molecule has 42 heavy (non-hydrogen) atoms. The Morgan fingerprint density at radius 2 is 0.548 bits per heavy atom. The van der Waals surface area contributed by atoms with Gasteiger partial charge in [-0.1, -0.05) is 129 Å². The summed E-state index contributed by atoms with van der Waals surface area (Å²) in [6.07, 6.45) is 26.0. The van der Waals surface area contributed by atoms with Crippen LogP contribution in [0.2, 0.25) is 0 Å². The molecular formula is C42H60. The zero-order valence-corrected chi connectivity index (χ0v) is 27.8. The van der Waals surface area contributed by atoms with Gasteiger partial charge < -0.3 is 0 Å². The van der Waals surface area contributed by atoms with Crippen molar-refractivity contribution in [2.24, 2.45) is 0 Å². The molecule has 0 unspecified atom stereocenters. The van der Waals surface area contributed by atoms with Gasteiger partial charge in [0.1, 0.15) is 0 Å². The highest BCUT2D eigenvalue weighted by Gasteiger charge is 2.13. The second kappa shape index (κ2) is 17.7. The minimum atomic E-state index is 1.20. The molecule has 0 amide bonds. The molecule has 228 valence electrons. The molecule has 0 fully saturated rings. The lowest BCUT2D eigenvalue weighted by Crippen LogP contribution is -1.96. The molecule has 0 radical (unpaired) electrons. The summed E-state index contributed by atoms with van der Waals surface area (Å²) in [5.41, 5.74) is 6.24. The lowest BCUT2D eigenvalue weighted by atomic mass is 9.88. The molecule has 0 atom stereocenters. The molecule has 0 N–H and O–H groups in total. The Morgan fingerprint density at radius 3 is 0.762 bits per heavy atom. The lowest BCUT2D eigenvalue weighted by Gasteiger charge is -2.16. The maximum Gasteiger partial charge on any atom is -0.0143 e. The van der Waals surface area contributed by atoms with Crippen molar-refractivity contribution < 1.29 is 0 Å². The Bertz CT molecular complexity index is 1170. The maximum atomic E-state index is 2.57. The molecule has 0 aliphatic rings. The fourth-order valence-electron chi connectivity index (χ4n) is 7.01. The van der Waals surface area contributed by atoms with E-state index >= 15 is 0 Å². The third-order valence-electron chi connectivity index (χ3n) is 9.67. The van der Waals surface area contributed by atoms with Crippen LogP contribution in [0.1, 0.15) is 153 Å². The van der Waals surface area contributed by atoms with Crippen LogP contribution >= 0.6 is 0 Å². The van der Waals surface area contributed by atoms with Gasteiger partial charge in [-0.3, -0.25) is 0 Å². The van der Waals surface area contributed by atoms with E-state index in [0.717, 1.165) is 0 Å². The van der Waals surface area contributed by atoms with Crippen LogP contribution < -0.4 is 0 Å². The minimum absolute atomic E-state index is 1.20. The smallest absolute Gasteiger partial charge is 0.0143 e. The van der Waals surface area contributed by atoms with Gasteiger partial charge in [-0.25, -0.2) is 0 Å². The van der Waals surface area contributed by atoms with Gasteiger partial charge in [0.25, 0.3) is 0 Å². The summed E-state index contributed by atoms with van der Waals surface area (Å²) >= 11 is 0. The van der Waals surface area contributed by atoms with Gasteiger partial charge in [0.05, 0.1) is 0 Å². The average Bonchev–Trinajstić information content (AvgIpc) is 3.01. The molecule has 0 aromatic heterocycles. The molecule has 0 heterocycles. The van der Waals surface area contributed by atoms with Crippen molar-refractivity contribution >= 4 is 32.3 Å². The molecule has 0 bridgehead atoms. The van der Waals surface area contributed by atoms with E-state index < -0.39 is 0 Å². The molecule has 0 aliphatic carbocycles. The Labute approximate surface area is 258 Å². The maximum absolute atomic E-state index is 2.57. The van der Waals surface area contributed by atoms with Gasteiger partial charge >= 0.3 is 0 Å². The van der Waals surface area contributed by atoms with Gasteiger partial charge in [-0.2, -0.15) is 0 Å². The Hall–Kier alpha value is -2.34. The van der Waals surface area contributed by atoms with Crippen LogP contribution in [0, 0.1) is 0 Å². The molecule has 4 rings (SSSR count). The fraction of sp³-hybridized carbons (Fsp3) is 0.571. The van der Waals surface area contributed by atoms with Crippen LogP contribution in [0.15, 0.2) is 48.5 Å². The SMILES string of the molecule is CCCCCCc1ccc(CCCCCC)c2cc3cc4c(CCCCCC)ccc(CCCCCC)c4cc3cc12. The number of aryl methyl sites for hydroxylation is 4. The van der Waals surface area contributed by atoms with E-state index in [1.807, 2.05) is 0 Å². The summed E-state index contributed by atoms with van der Waals surface area (Å²) in [4.78, 5) is 0. The number of hydrogen-bond acceptors (Lipinski definition) is 0. The summed E-state index contributed by atoms with van der Waals surface area (Å²) < 4.78 is 0. The summed E-state index contributed by atoms with van der Waals surface area (Å²) in [5.74, 6) is 0. The third kappa shape index (κ3) is 8.84. The number of rotatable bonds is 20. The summed E-state index contributed by atoms with van der Waals surface area (Å²) in [5, 5.41) is 8.95. The number of unbranched alkanes of at least 4 members (excludes halogenated alkanes) is 12. The molecular weight excluding hydrogens is 504 g/mol. The molecule has 0 saturated carbocycles. The summed E-state index contributed by atoms with van der Waals surface area (Å²) in [6, 6.07) is 20.2. The van der Waals surface area contributed by atoms with E-state index in [0.29, 0.717) is 0 Å². The first-order valence-electron chi connectivity index (χ1n) is 18.1. The van der Waals surface area contributed by atoms with Crippen molar-refractivity contribution in [2.45, 2.75) is 156 Å². The number of hydrogen-bond donors (Lipinski definition) is 0. The zero-order chi connectivity index (χ0) is 29.6. The van der Waals surface area contributed by atoms with Crippen LogP contribution in [-0.2, 0) is 25.7 Å². The van der Waals surface area contributed by atoms with Gasteiger partial charge in [0.15, 0.2) is 0 Å². The van der Waals surface area contributed by atoms with Gasteiger partial charge in [0.2, 0.25) is 0 Å². The van der Waals surface area contributed by atoms with Crippen molar-refractivity contribution in [3.8, 4) is 0 Å². The zero-order valence-electron chi connectivity index (χ0n) is 27.8. The van der Waals surface area contributed by atoms with Crippen molar-refractivity contribution in [3.63, 3.8) is 0 Å². The second-order valence-corrected chi connectivity index (χ2v) is 13.2. The monoisotopic (exact) mass is 564 g/mol. The molecule has 4 aromatic rings. The highest BCUT2D eigenvalue weighted by molar-refractivity contribution is 6.07. The van der Waals surface area contributed by atoms with Crippen LogP contribution in [0.25, 0.3) is 32.3 Å². The van der Waals surface area contributed by atoms with Gasteiger partial charge in [-0.05, 0) is 130 Å². The molecule has 0 aliphatic heterocycles. The first-order chi connectivity index (χ1) is 20.7. The normalized spacial score (nSPS) is 11.8. The van der Waals surface area contributed by atoms with Gasteiger partial charge in [-0.15, -0.1) is 0 Å². The van der Waals surface area contributed by atoms with E-state index in [4.69, 9.17) is 0 Å². The summed E-state index contributed by atoms with van der Waals surface area (Å²) in [7, 11) is 0. The lowest BCUT2D eigenvalue weighted by molar-refractivity contribution is 0.665. The first kappa shape index (κ1) is 32.6. The highest BCUT2D eigenvalue weighted by atomic mass is 14.2. The van der Waals surface area contributed by atoms with E-state index in [-0.39, 0.29) is 0 Å². The average molecular weight is 565 g/mol. The van der Waals surface area contributed by atoms with Crippen molar-refractivity contribution in [1.29, 1.82) is 0 Å². The number of benzene rings is 4. The van der Waals surface area contributed by atoms with Crippen LogP contribution in [0.4, 0.5) is 0 Å². The predicted molar refractivity (Wildman–Crippen MR) is 190 cm³/mol. The molecule has 0 heteroatoms. The molecule has 0 spiro atoms. The molecule has 0 saturated heterocycles. The number of fused-ring (bicyclic) bond motifs is 3. The second-order valence-electron chi connectivity index (χ2n) is 13.2. The molecule has 4 aromatic carbocycles. The van der Waals surface area contributed by atoms with E-state index in [1.165, 1.54) is 161 Å². The van der Waals surface area contributed by atoms with Gasteiger partial charge in [0, 0.05) is 0 Å². The van der Waals surface area contributed by atoms with Crippen LogP contribution in [-0.4, -0.2) is 0 Å². The Kier molecular flexibility index (Phi) is 13.7. The predicted octanol–water partition coefficient (Wildman–Crippen LogP) is 13.6. The Morgan fingerprint density at radius 1 is 0.310 bits per heavy atom. The van der Waals surface area contributed by atoms with Crippen LogP contribution in [0.3, 0.4) is 0 Å². The van der Waals surface area contributed by atoms with E-state index in [2.05, 4.69) is 76.2 Å². The van der Waals surface area contributed by atoms with Crippen LogP contribution in [0.5, 0.6) is 0 Å². The summed E-state index contributed by atoms with van der Waals surface area (Å²) in [6.45, 7) is 9.25. The standard InChI is InChI=1S/C42H60/c1-5-9-13-17-21-33-25-26-34(22-18-14-10-6-2)40-30-38-32-42-36(24-20-16-12-8-4)28-27-35(23-19-15-11-7-3)41(42)31-37(38)29-39(33)40/h25-32H,5-24H2,1-4H3. The highest BCUT2D eigenvalue weighted by Crippen LogP contribution is 2.35. The molecule has 0 nitrogen and oxygen atoms in total. The van der Waals surface area contributed by atoms with Crippen molar-refractivity contribution in [1.82, 2.24) is 0 Å². The largest absolute Gasteiger partial charge is 0.0654 e.